The largest absolute Gasteiger partial charge is 0.329 e. The maximum atomic E-state index is 12.4. The second kappa shape index (κ2) is 8.09. The number of aryl methyl sites for hydroxylation is 2. The molecule has 0 saturated heterocycles. The quantitative estimate of drug-likeness (QED) is 0.353. The van der Waals surface area contributed by atoms with Crippen molar-refractivity contribution >= 4 is 28.5 Å². The Hall–Kier alpha value is -3.76. The van der Waals surface area contributed by atoms with Gasteiger partial charge in [-0.1, -0.05) is 25.5 Å². The summed E-state index contributed by atoms with van der Waals surface area (Å²) in [6.45, 7) is 4.24. The maximum absolute atomic E-state index is 12.4. The zero-order valence-corrected chi connectivity index (χ0v) is 16.3. The highest BCUT2D eigenvalue weighted by atomic mass is 16.6. The third kappa shape index (κ3) is 3.93. The highest BCUT2D eigenvalue weighted by Gasteiger charge is 2.17. The lowest BCUT2D eigenvalue weighted by atomic mass is 10.1. The minimum Gasteiger partial charge on any atom is -0.303 e. The number of non-ortho nitro benzene ring substituents is 1. The van der Waals surface area contributed by atoms with Crippen LogP contribution in [0, 0.1) is 10.1 Å². The molecule has 0 bridgehead atoms. The molecule has 2 heterocycles. The number of nitrogens with zero attached hydrogens (tertiary/aromatic N) is 5. The molecule has 0 radical (unpaired) electrons. The van der Waals surface area contributed by atoms with Crippen molar-refractivity contribution in [3.05, 3.63) is 60.8 Å². The molecule has 2 aromatic heterocycles. The first-order chi connectivity index (χ1) is 13.8. The van der Waals surface area contributed by atoms with Crippen molar-refractivity contribution in [3.63, 3.8) is 0 Å². The van der Waals surface area contributed by atoms with Crippen molar-refractivity contribution in [1.29, 1.82) is 0 Å². The van der Waals surface area contributed by atoms with Crippen molar-refractivity contribution < 1.29 is 4.92 Å². The third-order valence-corrected chi connectivity index (χ3v) is 4.54. The van der Waals surface area contributed by atoms with Crippen LogP contribution in [0.15, 0.2) is 39.0 Å². The van der Waals surface area contributed by atoms with Gasteiger partial charge in [0.1, 0.15) is 0 Å². The Kier molecular flexibility index (Phi) is 5.57. The Bertz CT molecular complexity index is 1220. The van der Waals surface area contributed by atoms with Crippen LogP contribution < -0.4 is 16.7 Å². The molecule has 152 valence electrons. The summed E-state index contributed by atoms with van der Waals surface area (Å²) in [5, 5.41) is 15.2. The lowest BCUT2D eigenvalue weighted by molar-refractivity contribution is -0.384. The van der Waals surface area contributed by atoms with E-state index < -0.39 is 16.2 Å². The van der Waals surface area contributed by atoms with Crippen LogP contribution in [0.4, 0.5) is 11.6 Å². The van der Waals surface area contributed by atoms with Crippen LogP contribution in [0.2, 0.25) is 0 Å². The first-order valence-electron chi connectivity index (χ1n) is 9.08. The number of benzene rings is 1. The molecule has 0 spiro atoms. The van der Waals surface area contributed by atoms with Gasteiger partial charge in [-0.05, 0) is 13.3 Å². The number of nitro groups is 1. The molecule has 0 fully saturated rings. The summed E-state index contributed by atoms with van der Waals surface area (Å²) in [5.41, 5.74) is 3.35. The lowest BCUT2D eigenvalue weighted by Crippen LogP contribution is -2.29. The van der Waals surface area contributed by atoms with Crippen LogP contribution in [0.1, 0.15) is 32.3 Å². The van der Waals surface area contributed by atoms with E-state index in [9.17, 15) is 19.7 Å². The molecule has 0 aliphatic rings. The zero-order chi connectivity index (χ0) is 21.1. The van der Waals surface area contributed by atoms with E-state index in [2.05, 4.69) is 20.5 Å². The average Bonchev–Trinajstić information content (AvgIpc) is 3.07. The number of aromatic amines is 1. The SMILES string of the molecule is CCCCn1c(NN=C(C)c2cccc([N+](=O)[O-])c2)nc2c1c(=O)[nH]c(=O)n2C. The van der Waals surface area contributed by atoms with Gasteiger partial charge in [0, 0.05) is 31.3 Å². The highest BCUT2D eigenvalue weighted by molar-refractivity contribution is 5.99. The summed E-state index contributed by atoms with van der Waals surface area (Å²) in [6, 6.07) is 6.12. The molecule has 0 atom stereocenters. The maximum Gasteiger partial charge on any atom is 0.329 e. The number of anilines is 1. The van der Waals surface area contributed by atoms with Gasteiger partial charge in [-0.15, -0.1) is 0 Å². The van der Waals surface area contributed by atoms with Gasteiger partial charge >= 0.3 is 5.69 Å². The smallest absolute Gasteiger partial charge is 0.303 e. The lowest BCUT2D eigenvalue weighted by Gasteiger charge is -2.08. The van der Waals surface area contributed by atoms with Gasteiger partial charge in [0.2, 0.25) is 5.95 Å². The van der Waals surface area contributed by atoms with Crippen LogP contribution in [0.25, 0.3) is 11.2 Å². The number of imidazole rings is 1. The van der Waals surface area contributed by atoms with E-state index in [0.29, 0.717) is 23.8 Å². The minimum absolute atomic E-state index is 0.0335. The van der Waals surface area contributed by atoms with Crippen LogP contribution in [0.3, 0.4) is 0 Å². The van der Waals surface area contributed by atoms with Crippen molar-refractivity contribution in [2.75, 3.05) is 5.43 Å². The molecule has 1 aromatic carbocycles. The predicted octanol–water partition coefficient (Wildman–Crippen LogP) is 1.97. The number of nitro benzene ring substituents is 1. The van der Waals surface area contributed by atoms with Gasteiger partial charge in [-0.2, -0.15) is 10.1 Å². The van der Waals surface area contributed by atoms with Gasteiger partial charge in [0.15, 0.2) is 11.2 Å². The Labute approximate surface area is 164 Å². The summed E-state index contributed by atoms with van der Waals surface area (Å²) in [5.74, 6) is 0.310. The first kappa shape index (κ1) is 20.0. The monoisotopic (exact) mass is 399 g/mol. The van der Waals surface area contributed by atoms with Gasteiger partial charge < -0.3 is 4.57 Å². The predicted molar refractivity (Wildman–Crippen MR) is 109 cm³/mol. The number of aromatic nitrogens is 4. The fourth-order valence-electron chi connectivity index (χ4n) is 2.90. The number of H-pyrrole nitrogens is 1. The van der Waals surface area contributed by atoms with Crippen molar-refractivity contribution in [3.8, 4) is 0 Å². The molecular formula is C18H21N7O4. The normalized spacial score (nSPS) is 11.8. The minimum atomic E-state index is -0.550. The van der Waals surface area contributed by atoms with Crippen LogP contribution in [-0.2, 0) is 13.6 Å². The fourth-order valence-corrected chi connectivity index (χ4v) is 2.90. The molecular weight excluding hydrogens is 378 g/mol. The topological polar surface area (TPSA) is 140 Å². The zero-order valence-electron chi connectivity index (χ0n) is 16.3. The number of rotatable bonds is 7. The molecule has 11 nitrogen and oxygen atoms in total. The van der Waals surface area contributed by atoms with E-state index in [-0.39, 0.29) is 16.9 Å². The standard InChI is InChI=1S/C18H21N7O4/c1-4-5-9-24-14-15(23(3)18(27)20-16(14)26)19-17(24)22-21-11(2)12-7-6-8-13(10-12)25(28)29/h6-8,10H,4-5,9H2,1-3H3,(H,19,22)(H,20,26,27). The van der Waals surface area contributed by atoms with E-state index in [4.69, 9.17) is 0 Å². The van der Waals surface area contributed by atoms with E-state index in [1.54, 1.807) is 23.6 Å². The van der Waals surface area contributed by atoms with Crippen LogP contribution >= 0.6 is 0 Å². The van der Waals surface area contributed by atoms with Crippen LogP contribution in [0.5, 0.6) is 0 Å². The summed E-state index contributed by atoms with van der Waals surface area (Å²) < 4.78 is 2.95. The molecule has 3 rings (SSSR count). The third-order valence-electron chi connectivity index (χ3n) is 4.54. The first-order valence-corrected chi connectivity index (χ1v) is 9.08. The molecule has 0 amide bonds. The number of hydrogen-bond acceptors (Lipinski definition) is 7. The Morgan fingerprint density at radius 3 is 2.83 bits per heavy atom. The van der Waals surface area contributed by atoms with Gasteiger partial charge in [-0.25, -0.2) is 10.2 Å². The molecule has 11 heteroatoms. The van der Waals surface area contributed by atoms with E-state index >= 15 is 0 Å². The average molecular weight is 399 g/mol. The van der Waals surface area contributed by atoms with E-state index in [1.165, 1.54) is 23.7 Å². The molecule has 0 saturated carbocycles. The Morgan fingerprint density at radius 1 is 1.38 bits per heavy atom. The molecule has 2 N–H and O–H groups in total. The summed E-state index contributed by atoms with van der Waals surface area (Å²) in [7, 11) is 1.53. The van der Waals surface area contributed by atoms with Crippen LogP contribution in [-0.4, -0.2) is 29.7 Å². The van der Waals surface area contributed by atoms with E-state index in [1.807, 2.05) is 6.92 Å². The van der Waals surface area contributed by atoms with Gasteiger partial charge in [0.05, 0.1) is 10.6 Å². The second-order valence-corrected chi connectivity index (χ2v) is 6.55. The Morgan fingerprint density at radius 2 is 2.14 bits per heavy atom. The molecule has 29 heavy (non-hydrogen) atoms. The number of fused-ring (bicyclic) bond motifs is 1. The Balaban J connectivity index is 2.04. The van der Waals surface area contributed by atoms with E-state index in [0.717, 1.165) is 12.8 Å². The summed E-state index contributed by atoms with van der Waals surface area (Å²) in [4.78, 5) is 41.4. The number of hydrogen-bond donors (Lipinski definition) is 2. The highest BCUT2D eigenvalue weighted by Crippen LogP contribution is 2.18. The summed E-state index contributed by atoms with van der Waals surface area (Å²) in [6.07, 6.45) is 1.70. The number of nitrogens with one attached hydrogen (secondary N) is 2. The summed E-state index contributed by atoms with van der Waals surface area (Å²) >= 11 is 0. The van der Waals surface area contributed by atoms with Gasteiger partial charge in [-0.3, -0.25) is 24.5 Å². The van der Waals surface area contributed by atoms with Crippen molar-refractivity contribution in [2.45, 2.75) is 33.2 Å². The molecule has 0 aliphatic heterocycles. The second-order valence-electron chi connectivity index (χ2n) is 6.55. The number of unbranched alkanes of at least 4 members (excludes halogenated alkanes) is 1. The molecule has 0 aliphatic carbocycles. The van der Waals surface area contributed by atoms with Gasteiger partial charge in [0.25, 0.3) is 11.2 Å². The fraction of sp³-hybridized carbons (Fsp3) is 0.333. The van der Waals surface area contributed by atoms with Crippen molar-refractivity contribution in [2.24, 2.45) is 12.1 Å². The number of hydrazone groups is 1. The molecule has 3 aromatic rings. The van der Waals surface area contributed by atoms with Crippen molar-refractivity contribution in [1.82, 2.24) is 19.1 Å². The molecule has 0 unspecified atom stereocenters.